The fraction of sp³-hybridized carbons (Fsp3) is 0. The van der Waals surface area contributed by atoms with E-state index in [9.17, 15) is 0 Å². The lowest BCUT2D eigenvalue weighted by Gasteiger charge is -1.99. The summed E-state index contributed by atoms with van der Waals surface area (Å²) in [5.41, 5.74) is 7.45. The Morgan fingerprint density at radius 3 is 2.80 bits per heavy atom. The van der Waals surface area contributed by atoms with Crippen LogP contribution in [0.15, 0.2) is 18.5 Å². The zero-order chi connectivity index (χ0) is 6.69. The Bertz CT molecular complexity index is 193. The number of nitrogens with one attached hydrogen (secondary N) is 2. The van der Waals surface area contributed by atoms with Crippen molar-refractivity contribution in [1.29, 1.82) is 5.41 Å². The first-order valence-electron chi connectivity index (χ1n) is 2.40. The first kappa shape index (κ1) is 8.77. The summed E-state index contributed by atoms with van der Waals surface area (Å²) in [6.45, 7) is 0. The minimum atomic E-state index is -0.126. The van der Waals surface area contributed by atoms with E-state index in [1.807, 2.05) is 0 Å². The van der Waals surface area contributed by atoms with Crippen molar-refractivity contribution in [3.05, 3.63) is 18.5 Å². The fourth-order valence-corrected chi connectivity index (χ4v) is 0.458. The second kappa shape index (κ2) is 3.73. The Hall–Kier alpha value is -1.23. The van der Waals surface area contributed by atoms with Crippen LogP contribution >= 0.6 is 12.4 Å². The molecule has 0 amide bonds. The summed E-state index contributed by atoms with van der Waals surface area (Å²) in [5.74, 6) is -0.126. The summed E-state index contributed by atoms with van der Waals surface area (Å²) in [4.78, 5) is 1.35. The third kappa shape index (κ3) is 2.36. The molecule has 0 unspecified atom stereocenters. The average Bonchev–Trinajstić information content (AvgIpc) is 2.15. The van der Waals surface area contributed by atoms with Crippen LogP contribution in [0, 0.1) is 5.41 Å². The van der Waals surface area contributed by atoms with Gasteiger partial charge in [0.05, 0.1) is 6.20 Å². The molecule has 1 aromatic rings. The van der Waals surface area contributed by atoms with Crippen molar-refractivity contribution in [3.8, 4) is 0 Å². The van der Waals surface area contributed by atoms with E-state index in [0.29, 0.717) is 0 Å². The molecule has 1 aromatic heterocycles. The van der Waals surface area contributed by atoms with Crippen molar-refractivity contribution in [1.82, 2.24) is 9.89 Å². The molecule has 0 fully saturated rings. The third-order valence-electron chi connectivity index (χ3n) is 0.739. The zero-order valence-electron chi connectivity index (χ0n) is 5.11. The molecular weight excluding hydrogens is 154 g/mol. The van der Waals surface area contributed by atoms with Gasteiger partial charge in [0.15, 0.2) is 0 Å². The monoisotopic (exact) mass is 161 g/mol. The Balaban J connectivity index is 0.000000810. The molecule has 1 heterocycles. The summed E-state index contributed by atoms with van der Waals surface area (Å²) < 4.78 is 0. The summed E-state index contributed by atoms with van der Waals surface area (Å²) in [6.07, 6.45) is 3.25. The van der Waals surface area contributed by atoms with Gasteiger partial charge in [0.25, 0.3) is 0 Å². The van der Waals surface area contributed by atoms with Crippen LogP contribution in [0.3, 0.4) is 0 Å². The molecule has 0 aliphatic heterocycles. The lowest BCUT2D eigenvalue weighted by molar-refractivity contribution is 0.810. The number of guanidine groups is 1. The van der Waals surface area contributed by atoms with Gasteiger partial charge in [-0.2, -0.15) is 9.89 Å². The van der Waals surface area contributed by atoms with Crippen LogP contribution in [-0.2, 0) is 0 Å². The number of hydrogen-bond donors (Lipinski definition) is 3. The quantitative estimate of drug-likeness (QED) is 0.392. The van der Waals surface area contributed by atoms with Crippen molar-refractivity contribution in [3.63, 3.8) is 0 Å². The van der Waals surface area contributed by atoms with Crippen LogP contribution in [0.2, 0.25) is 0 Å². The molecule has 0 saturated heterocycles. The molecule has 0 atom stereocenters. The van der Waals surface area contributed by atoms with Gasteiger partial charge in [-0.05, 0) is 6.07 Å². The Morgan fingerprint density at radius 2 is 2.40 bits per heavy atom. The van der Waals surface area contributed by atoms with E-state index in [-0.39, 0.29) is 18.4 Å². The second-order valence-corrected chi connectivity index (χ2v) is 1.48. The molecular formula is C4H8ClN5. The number of halogens is 1. The van der Waals surface area contributed by atoms with Crippen LogP contribution in [0.25, 0.3) is 0 Å². The van der Waals surface area contributed by atoms with Gasteiger partial charge in [0.1, 0.15) is 0 Å². The van der Waals surface area contributed by atoms with E-state index in [0.717, 1.165) is 0 Å². The van der Waals surface area contributed by atoms with Gasteiger partial charge < -0.3 is 5.73 Å². The maximum Gasteiger partial charge on any atom is 0.206 e. The molecule has 4 N–H and O–H groups in total. The predicted molar refractivity (Wildman–Crippen MR) is 40.7 cm³/mol. The minimum Gasteiger partial charge on any atom is -0.369 e. The van der Waals surface area contributed by atoms with E-state index in [1.165, 1.54) is 4.79 Å². The molecule has 0 saturated carbocycles. The highest BCUT2D eigenvalue weighted by Gasteiger charge is 1.85. The Kier molecular flexibility index (Phi) is 3.27. The first-order valence-corrected chi connectivity index (χ1v) is 2.40. The topological polar surface area (TPSA) is 79.7 Å². The van der Waals surface area contributed by atoms with Gasteiger partial charge in [-0.3, -0.25) is 5.41 Å². The number of rotatable bonds is 1. The van der Waals surface area contributed by atoms with Gasteiger partial charge in [0, 0.05) is 6.20 Å². The van der Waals surface area contributed by atoms with Crippen LogP contribution in [-0.4, -0.2) is 15.8 Å². The summed E-state index contributed by atoms with van der Waals surface area (Å²) in [6, 6.07) is 1.73. The van der Waals surface area contributed by atoms with Crippen LogP contribution < -0.4 is 11.2 Å². The van der Waals surface area contributed by atoms with Gasteiger partial charge >= 0.3 is 0 Å². The van der Waals surface area contributed by atoms with Gasteiger partial charge in [0.2, 0.25) is 5.96 Å². The molecule has 6 heteroatoms. The van der Waals surface area contributed by atoms with Crippen LogP contribution in [0.4, 0.5) is 0 Å². The summed E-state index contributed by atoms with van der Waals surface area (Å²) in [7, 11) is 0. The van der Waals surface area contributed by atoms with E-state index in [2.05, 4.69) is 10.5 Å². The maximum atomic E-state index is 6.78. The number of nitrogens with two attached hydrogens (primary N) is 1. The molecule has 5 nitrogen and oxygen atoms in total. The molecule has 0 aliphatic carbocycles. The summed E-state index contributed by atoms with van der Waals surface area (Å²) >= 11 is 0. The first-order chi connectivity index (χ1) is 4.29. The molecule has 0 spiro atoms. The highest BCUT2D eigenvalue weighted by Crippen LogP contribution is 1.75. The molecule has 1 rings (SSSR count). The highest BCUT2D eigenvalue weighted by molar-refractivity contribution is 5.85. The molecule has 0 aromatic carbocycles. The third-order valence-corrected chi connectivity index (χ3v) is 0.739. The highest BCUT2D eigenvalue weighted by atomic mass is 35.5. The molecule has 56 valence electrons. The molecule has 0 aliphatic rings. The lowest BCUT2D eigenvalue weighted by Crippen LogP contribution is -2.29. The standard InChI is InChI=1S/C4H7N5.ClH/c5-4(6)8-9-3-1-2-7-9;/h1-3H,(H4,5,6,8);1H. The minimum absolute atomic E-state index is 0. The van der Waals surface area contributed by atoms with Crippen molar-refractivity contribution in [2.24, 2.45) is 5.73 Å². The van der Waals surface area contributed by atoms with Gasteiger partial charge in [-0.25, -0.2) is 5.43 Å². The van der Waals surface area contributed by atoms with E-state index < -0.39 is 0 Å². The van der Waals surface area contributed by atoms with Crippen molar-refractivity contribution in [2.75, 3.05) is 5.43 Å². The molecule has 10 heavy (non-hydrogen) atoms. The van der Waals surface area contributed by atoms with Crippen molar-refractivity contribution < 1.29 is 0 Å². The maximum absolute atomic E-state index is 6.78. The normalized spacial score (nSPS) is 8.00. The molecule has 0 radical (unpaired) electrons. The smallest absolute Gasteiger partial charge is 0.206 e. The Labute approximate surface area is 64.1 Å². The van der Waals surface area contributed by atoms with Gasteiger partial charge in [-0.1, -0.05) is 0 Å². The van der Waals surface area contributed by atoms with Crippen molar-refractivity contribution >= 4 is 18.4 Å². The van der Waals surface area contributed by atoms with Gasteiger partial charge in [-0.15, -0.1) is 12.4 Å². The average molecular weight is 162 g/mol. The van der Waals surface area contributed by atoms with E-state index in [1.54, 1.807) is 18.5 Å². The SMILES string of the molecule is Cl.N=C(N)Nn1cccn1. The second-order valence-electron chi connectivity index (χ2n) is 1.48. The van der Waals surface area contributed by atoms with E-state index in [4.69, 9.17) is 11.1 Å². The largest absolute Gasteiger partial charge is 0.369 e. The van der Waals surface area contributed by atoms with E-state index >= 15 is 0 Å². The van der Waals surface area contributed by atoms with Crippen LogP contribution in [0.1, 0.15) is 0 Å². The molecule has 0 bridgehead atoms. The number of hydrogen-bond acceptors (Lipinski definition) is 2. The summed E-state index contributed by atoms with van der Waals surface area (Å²) in [5, 5.41) is 10.5. The number of nitrogens with zero attached hydrogens (tertiary/aromatic N) is 2. The predicted octanol–water partition coefficient (Wildman–Crippen LogP) is -0.258. The number of aromatic nitrogens is 2. The Morgan fingerprint density at radius 1 is 1.70 bits per heavy atom. The zero-order valence-corrected chi connectivity index (χ0v) is 5.93. The lowest BCUT2D eigenvalue weighted by atomic mass is 10.8. The fourth-order valence-electron chi connectivity index (χ4n) is 0.458. The van der Waals surface area contributed by atoms with Crippen LogP contribution in [0.5, 0.6) is 0 Å². The van der Waals surface area contributed by atoms with Crippen molar-refractivity contribution in [2.45, 2.75) is 0 Å².